The Morgan fingerprint density at radius 3 is 2.47 bits per heavy atom. The van der Waals surface area contributed by atoms with Gasteiger partial charge in [-0.2, -0.15) is 0 Å². The van der Waals surface area contributed by atoms with Crippen LogP contribution in [0, 0.1) is 5.92 Å². The molecule has 1 heterocycles. The topological polar surface area (TPSA) is 44.3 Å². The smallest absolute Gasteiger partial charge is 0.136 e. The van der Waals surface area contributed by atoms with Crippen LogP contribution in [0.3, 0.4) is 0 Å². The van der Waals surface area contributed by atoms with Gasteiger partial charge in [-0.15, -0.1) is 4.72 Å². The number of hydrogen-bond acceptors (Lipinski definition) is 3. The monoisotopic (exact) mass is 231 g/mol. The minimum absolute atomic E-state index is 0.0120. The quantitative estimate of drug-likeness (QED) is 0.750. The van der Waals surface area contributed by atoms with E-state index in [9.17, 15) is 4.55 Å². The Balaban J connectivity index is 2.01. The molecule has 0 aromatic rings. The second kappa shape index (κ2) is 3.91. The Morgan fingerprint density at radius 1 is 1.40 bits per heavy atom. The lowest BCUT2D eigenvalue weighted by molar-refractivity contribution is 0.166. The Hall–Kier alpha value is 0.230. The van der Waals surface area contributed by atoms with E-state index in [-0.39, 0.29) is 10.3 Å². The molecule has 0 amide bonds. The molecular weight excluding hydrogens is 210 g/mol. The summed E-state index contributed by atoms with van der Waals surface area (Å²) in [6, 6.07) is 0. The Morgan fingerprint density at radius 2 is 2.07 bits per heavy atom. The summed E-state index contributed by atoms with van der Waals surface area (Å²) in [5.41, 5.74) is 0.0120. The second-order valence-corrected chi connectivity index (χ2v) is 7.68. The van der Waals surface area contributed by atoms with E-state index in [0.717, 1.165) is 19.6 Å². The Labute approximate surface area is 95.3 Å². The largest absolute Gasteiger partial charge is 0.598 e. The standard InChI is InChI=1S/C11H21NO2S/c1-10(2,3)15(13)12-11(9-4-5-9)6-7-14-8-11/h9,12H,4-8H2,1-3H3. The van der Waals surface area contributed by atoms with Crippen molar-refractivity contribution in [3.63, 3.8) is 0 Å². The molecular formula is C11H21NO2S. The molecule has 15 heavy (non-hydrogen) atoms. The average Bonchev–Trinajstić information content (AvgIpc) is 2.88. The van der Waals surface area contributed by atoms with Crippen molar-refractivity contribution in [2.24, 2.45) is 5.92 Å². The van der Waals surface area contributed by atoms with Crippen LogP contribution in [0.15, 0.2) is 0 Å². The maximum absolute atomic E-state index is 12.1. The molecule has 0 bridgehead atoms. The van der Waals surface area contributed by atoms with Crippen molar-refractivity contribution >= 4 is 11.4 Å². The lowest BCUT2D eigenvalue weighted by Crippen LogP contribution is -2.55. The van der Waals surface area contributed by atoms with Gasteiger partial charge in [-0.25, -0.2) is 0 Å². The van der Waals surface area contributed by atoms with E-state index in [1.165, 1.54) is 12.8 Å². The van der Waals surface area contributed by atoms with E-state index < -0.39 is 11.4 Å². The predicted octanol–water partition coefficient (Wildman–Crippen LogP) is 1.61. The summed E-state index contributed by atoms with van der Waals surface area (Å²) in [6.45, 7) is 7.57. The molecule has 3 nitrogen and oxygen atoms in total. The summed E-state index contributed by atoms with van der Waals surface area (Å²) < 4.78 is 20.7. The van der Waals surface area contributed by atoms with Gasteiger partial charge in [-0.1, -0.05) is 0 Å². The molecule has 1 saturated heterocycles. The van der Waals surface area contributed by atoms with Crippen molar-refractivity contribution in [1.82, 2.24) is 4.72 Å². The lowest BCUT2D eigenvalue weighted by Gasteiger charge is -2.33. The van der Waals surface area contributed by atoms with Crippen LogP contribution in [0.2, 0.25) is 0 Å². The average molecular weight is 231 g/mol. The minimum Gasteiger partial charge on any atom is -0.598 e. The number of rotatable bonds is 3. The number of hydrogen-bond donors (Lipinski definition) is 1. The zero-order chi connectivity index (χ0) is 11.1. The maximum atomic E-state index is 12.1. The van der Waals surface area contributed by atoms with Crippen molar-refractivity contribution in [3.05, 3.63) is 0 Å². The van der Waals surface area contributed by atoms with Crippen molar-refractivity contribution in [2.45, 2.75) is 50.3 Å². The van der Waals surface area contributed by atoms with Gasteiger partial charge in [0.2, 0.25) is 0 Å². The van der Waals surface area contributed by atoms with Crippen LogP contribution < -0.4 is 4.72 Å². The van der Waals surface area contributed by atoms with Gasteiger partial charge < -0.3 is 9.29 Å². The molecule has 4 heteroatoms. The maximum Gasteiger partial charge on any atom is 0.136 e. The number of ether oxygens (including phenoxy) is 1. The summed E-state index contributed by atoms with van der Waals surface area (Å²) in [7, 11) is 0. The molecule has 2 fully saturated rings. The fraction of sp³-hybridized carbons (Fsp3) is 1.00. The summed E-state index contributed by atoms with van der Waals surface area (Å²) >= 11 is -0.977. The molecule has 0 aromatic carbocycles. The van der Waals surface area contributed by atoms with Gasteiger partial charge in [0, 0.05) is 18.0 Å². The Kier molecular flexibility index (Phi) is 3.05. The fourth-order valence-electron chi connectivity index (χ4n) is 2.04. The van der Waals surface area contributed by atoms with Gasteiger partial charge >= 0.3 is 0 Å². The van der Waals surface area contributed by atoms with Crippen LogP contribution in [0.4, 0.5) is 0 Å². The van der Waals surface area contributed by atoms with E-state index in [2.05, 4.69) is 4.72 Å². The normalized spacial score (nSPS) is 34.4. The van der Waals surface area contributed by atoms with Crippen LogP contribution >= 0.6 is 0 Å². The first kappa shape index (κ1) is 11.7. The van der Waals surface area contributed by atoms with Gasteiger partial charge in [0.15, 0.2) is 0 Å². The first-order chi connectivity index (χ1) is 6.94. The van der Waals surface area contributed by atoms with Crippen molar-refractivity contribution < 1.29 is 9.29 Å². The Bertz CT molecular complexity index is 229. The highest BCUT2D eigenvalue weighted by molar-refractivity contribution is 7.90. The van der Waals surface area contributed by atoms with E-state index in [1.54, 1.807) is 0 Å². The van der Waals surface area contributed by atoms with Gasteiger partial charge in [-0.05, 0) is 46.0 Å². The SMILES string of the molecule is CC(C)(C)[S+]([O-])NC1(C2CC2)CCOC1. The molecule has 1 aliphatic heterocycles. The minimum atomic E-state index is -0.977. The van der Waals surface area contributed by atoms with Crippen LogP contribution in [-0.2, 0) is 16.1 Å². The summed E-state index contributed by atoms with van der Waals surface area (Å²) in [6.07, 6.45) is 3.54. The van der Waals surface area contributed by atoms with Crippen LogP contribution in [-0.4, -0.2) is 28.1 Å². The predicted molar refractivity (Wildman–Crippen MR) is 61.9 cm³/mol. The molecule has 2 atom stereocenters. The molecule has 0 radical (unpaired) electrons. The number of nitrogens with one attached hydrogen (secondary N) is 1. The van der Waals surface area contributed by atoms with Gasteiger partial charge in [-0.3, -0.25) is 0 Å². The van der Waals surface area contributed by atoms with Crippen molar-refractivity contribution in [2.75, 3.05) is 13.2 Å². The van der Waals surface area contributed by atoms with E-state index in [0.29, 0.717) is 5.92 Å². The molecule has 0 spiro atoms. The summed E-state index contributed by atoms with van der Waals surface area (Å²) in [5, 5.41) is 0. The zero-order valence-electron chi connectivity index (χ0n) is 9.84. The third-order valence-electron chi connectivity index (χ3n) is 3.26. The van der Waals surface area contributed by atoms with Gasteiger partial charge in [0.05, 0.1) is 12.1 Å². The molecule has 1 saturated carbocycles. The molecule has 88 valence electrons. The van der Waals surface area contributed by atoms with Gasteiger partial charge in [0.25, 0.3) is 0 Å². The fourth-order valence-corrected chi connectivity index (χ4v) is 3.04. The van der Waals surface area contributed by atoms with E-state index in [1.807, 2.05) is 20.8 Å². The zero-order valence-corrected chi connectivity index (χ0v) is 10.7. The molecule has 2 rings (SSSR count). The van der Waals surface area contributed by atoms with E-state index in [4.69, 9.17) is 4.74 Å². The van der Waals surface area contributed by atoms with Crippen LogP contribution in [0.1, 0.15) is 40.0 Å². The molecule has 0 aromatic heterocycles. The molecule has 2 unspecified atom stereocenters. The van der Waals surface area contributed by atoms with E-state index >= 15 is 0 Å². The first-order valence-corrected chi connectivity index (χ1v) is 6.86. The molecule has 2 aliphatic rings. The summed E-state index contributed by atoms with van der Waals surface area (Å²) in [5.74, 6) is 0.686. The highest BCUT2D eigenvalue weighted by Gasteiger charge is 2.51. The summed E-state index contributed by atoms with van der Waals surface area (Å²) in [4.78, 5) is 0. The third kappa shape index (κ3) is 2.49. The molecule has 1 N–H and O–H groups in total. The lowest BCUT2D eigenvalue weighted by atomic mass is 9.94. The third-order valence-corrected chi connectivity index (χ3v) is 4.97. The second-order valence-electron chi connectivity index (χ2n) is 5.72. The first-order valence-electron chi connectivity index (χ1n) is 5.71. The highest BCUT2D eigenvalue weighted by atomic mass is 32.2. The highest BCUT2D eigenvalue weighted by Crippen LogP contribution is 2.44. The molecule has 1 aliphatic carbocycles. The van der Waals surface area contributed by atoms with Crippen LogP contribution in [0.5, 0.6) is 0 Å². The van der Waals surface area contributed by atoms with Gasteiger partial charge in [0.1, 0.15) is 4.75 Å². The van der Waals surface area contributed by atoms with Crippen LogP contribution in [0.25, 0.3) is 0 Å². The van der Waals surface area contributed by atoms with Crippen molar-refractivity contribution in [3.8, 4) is 0 Å². The van der Waals surface area contributed by atoms with Crippen molar-refractivity contribution in [1.29, 1.82) is 0 Å².